The number of carbonyl (C=O) groups is 1. The Labute approximate surface area is 149 Å². The average molecular weight is 428 g/mol. The van der Waals surface area contributed by atoms with Crippen molar-refractivity contribution in [2.45, 2.75) is 45.1 Å². The van der Waals surface area contributed by atoms with E-state index in [4.69, 9.17) is 9.15 Å². The molecule has 6 heteroatoms. The number of ether oxygens (including phenoxy) is 1. The lowest BCUT2D eigenvalue weighted by Gasteiger charge is -2.32. The summed E-state index contributed by atoms with van der Waals surface area (Å²) in [6, 6.07) is 2.08. The normalized spacial score (nSPS) is 16.8. The molecule has 23 heavy (non-hydrogen) atoms. The van der Waals surface area contributed by atoms with E-state index in [9.17, 15) is 4.79 Å². The van der Waals surface area contributed by atoms with Gasteiger partial charge in [-0.1, -0.05) is 0 Å². The molecule has 0 radical (unpaired) electrons. The van der Waals surface area contributed by atoms with Crippen LogP contribution >= 0.6 is 22.6 Å². The molecular weight excluding hydrogens is 407 g/mol. The number of halogens is 1. The van der Waals surface area contributed by atoms with Gasteiger partial charge in [0.1, 0.15) is 11.4 Å². The Morgan fingerprint density at radius 2 is 2.04 bits per heavy atom. The topological polar surface area (TPSA) is 55.6 Å². The summed E-state index contributed by atoms with van der Waals surface area (Å²) in [5, 5.41) is 1.04. The second kappa shape index (κ2) is 6.30. The molecule has 0 atom stereocenters. The van der Waals surface area contributed by atoms with Crippen LogP contribution in [-0.4, -0.2) is 34.7 Å². The summed E-state index contributed by atoms with van der Waals surface area (Å²) in [6.45, 7) is 7.07. The third kappa shape index (κ3) is 3.79. The Balaban J connectivity index is 1.66. The maximum Gasteiger partial charge on any atom is 0.410 e. The zero-order valence-electron chi connectivity index (χ0n) is 13.6. The number of furan rings is 1. The van der Waals surface area contributed by atoms with Crippen LogP contribution in [0.1, 0.15) is 45.3 Å². The maximum atomic E-state index is 12.1. The predicted molar refractivity (Wildman–Crippen MR) is 96.5 cm³/mol. The molecule has 1 fully saturated rings. The lowest BCUT2D eigenvalue weighted by molar-refractivity contribution is 0.0200. The fraction of sp³-hybridized carbons (Fsp3) is 0.529. The van der Waals surface area contributed by atoms with Gasteiger partial charge in [-0.3, -0.25) is 4.98 Å². The number of rotatable bonds is 1. The first-order valence-corrected chi connectivity index (χ1v) is 8.92. The van der Waals surface area contributed by atoms with Crippen molar-refractivity contribution in [2.75, 3.05) is 13.1 Å². The molecule has 124 valence electrons. The Morgan fingerprint density at radius 1 is 1.35 bits per heavy atom. The van der Waals surface area contributed by atoms with E-state index in [1.54, 1.807) is 11.1 Å². The standard InChI is InChI=1S/C17H21IN2O3/c1-17(2,3)23-16(21)20-6-4-11(5-7-20)14-8-12-9-19-10-13(18)15(12)22-14/h8-11H,4-7H2,1-3H3. The average Bonchev–Trinajstić information content (AvgIpc) is 2.91. The first-order valence-electron chi connectivity index (χ1n) is 7.84. The van der Waals surface area contributed by atoms with Crippen LogP contribution in [0.2, 0.25) is 0 Å². The van der Waals surface area contributed by atoms with E-state index in [2.05, 4.69) is 33.6 Å². The zero-order chi connectivity index (χ0) is 16.6. The molecule has 0 aliphatic carbocycles. The summed E-state index contributed by atoms with van der Waals surface area (Å²) in [6.07, 6.45) is 5.20. The van der Waals surface area contributed by atoms with Crippen LogP contribution in [0.4, 0.5) is 4.79 Å². The van der Waals surface area contributed by atoms with Gasteiger partial charge < -0.3 is 14.1 Å². The monoisotopic (exact) mass is 428 g/mol. The van der Waals surface area contributed by atoms with E-state index >= 15 is 0 Å². The summed E-state index contributed by atoms with van der Waals surface area (Å²) in [5.74, 6) is 1.34. The fourth-order valence-electron chi connectivity index (χ4n) is 2.82. The number of amides is 1. The van der Waals surface area contributed by atoms with Gasteiger partial charge in [0, 0.05) is 36.8 Å². The lowest BCUT2D eigenvalue weighted by Crippen LogP contribution is -2.41. The van der Waals surface area contributed by atoms with Gasteiger partial charge >= 0.3 is 6.09 Å². The van der Waals surface area contributed by atoms with Crippen LogP contribution in [0, 0.1) is 3.57 Å². The van der Waals surface area contributed by atoms with Crippen molar-refractivity contribution in [2.24, 2.45) is 0 Å². The van der Waals surface area contributed by atoms with E-state index in [1.807, 2.05) is 27.0 Å². The Morgan fingerprint density at radius 3 is 2.65 bits per heavy atom. The van der Waals surface area contributed by atoms with Crippen molar-refractivity contribution in [3.63, 3.8) is 0 Å². The molecule has 0 unspecified atom stereocenters. The Bertz CT molecular complexity index is 712. The zero-order valence-corrected chi connectivity index (χ0v) is 15.8. The quantitative estimate of drug-likeness (QED) is 0.626. The second-order valence-electron chi connectivity index (χ2n) is 6.93. The number of fused-ring (bicyclic) bond motifs is 1. The molecule has 1 aliphatic rings. The number of nitrogens with zero attached hydrogens (tertiary/aromatic N) is 2. The van der Waals surface area contributed by atoms with Crippen LogP contribution in [0.3, 0.4) is 0 Å². The van der Waals surface area contributed by atoms with Crippen LogP contribution in [0.25, 0.3) is 11.0 Å². The van der Waals surface area contributed by atoms with Gasteiger partial charge in [0.15, 0.2) is 5.58 Å². The fourth-order valence-corrected chi connectivity index (χ4v) is 3.41. The molecule has 0 aromatic carbocycles. The minimum atomic E-state index is -0.448. The number of likely N-dealkylation sites (tertiary alicyclic amines) is 1. The van der Waals surface area contributed by atoms with Gasteiger partial charge in [-0.2, -0.15) is 0 Å². The van der Waals surface area contributed by atoms with Crippen LogP contribution in [0.15, 0.2) is 22.9 Å². The number of carbonyl (C=O) groups excluding carboxylic acids is 1. The van der Waals surface area contributed by atoms with E-state index in [0.717, 1.165) is 33.1 Å². The predicted octanol–water partition coefficient (Wildman–Crippen LogP) is 4.55. The van der Waals surface area contributed by atoms with Crippen LogP contribution in [-0.2, 0) is 4.74 Å². The molecule has 0 bridgehead atoms. The summed E-state index contributed by atoms with van der Waals surface area (Å²) in [4.78, 5) is 18.1. The highest BCUT2D eigenvalue weighted by Gasteiger charge is 2.29. The molecule has 1 amide bonds. The molecule has 0 N–H and O–H groups in total. The van der Waals surface area contributed by atoms with E-state index in [-0.39, 0.29) is 6.09 Å². The summed E-state index contributed by atoms with van der Waals surface area (Å²) < 4.78 is 12.5. The summed E-state index contributed by atoms with van der Waals surface area (Å²) in [5.41, 5.74) is 0.460. The molecule has 2 aromatic heterocycles. The molecule has 0 spiro atoms. The SMILES string of the molecule is CC(C)(C)OC(=O)N1CCC(c2cc3cncc(I)c3o2)CC1. The first-order chi connectivity index (χ1) is 10.8. The van der Waals surface area contributed by atoms with Crippen LogP contribution < -0.4 is 0 Å². The van der Waals surface area contributed by atoms with Crippen molar-refractivity contribution < 1.29 is 13.9 Å². The maximum absolute atomic E-state index is 12.1. The highest BCUT2D eigenvalue weighted by molar-refractivity contribution is 14.1. The van der Waals surface area contributed by atoms with Crippen molar-refractivity contribution in [1.29, 1.82) is 0 Å². The Hall–Kier alpha value is -1.31. The van der Waals surface area contributed by atoms with Crippen molar-refractivity contribution >= 4 is 39.7 Å². The smallest absolute Gasteiger partial charge is 0.410 e. The number of hydrogen-bond acceptors (Lipinski definition) is 4. The van der Waals surface area contributed by atoms with Crippen LogP contribution in [0.5, 0.6) is 0 Å². The van der Waals surface area contributed by atoms with E-state index in [0.29, 0.717) is 19.0 Å². The van der Waals surface area contributed by atoms with Gasteiger partial charge in [-0.15, -0.1) is 0 Å². The third-order valence-corrected chi connectivity index (χ3v) is 4.72. The molecular formula is C17H21IN2O3. The molecule has 1 aliphatic heterocycles. The van der Waals surface area contributed by atoms with Gasteiger partial charge in [0.05, 0.1) is 3.57 Å². The highest BCUT2D eigenvalue weighted by Crippen LogP contribution is 2.33. The molecule has 3 heterocycles. The first kappa shape index (κ1) is 16.5. The molecule has 0 saturated carbocycles. The van der Waals surface area contributed by atoms with Gasteiger partial charge in [0.25, 0.3) is 0 Å². The lowest BCUT2D eigenvalue weighted by atomic mass is 9.94. The number of piperidine rings is 1. The van der Waals surface area contributed by atoms with Crippen molar-refractivity contribution in [3.05, 3.63) is 27.8 Å². The molecule has 5 nitrogen and oxygen atoms in total. The number of hydrogen-bond donors (Lipinski definition) is 0. The Kier molecular flexibility index (Phi) is 4.53. The minimum Gasteiger partial charge on any atom is -0.460 e. The molecule has 1 saturated heterocycles. The van der Waals surface area contributed by atoms with Gasteiger partial charge in [-0.05, 0) is 62.3 Å². The third-order valence-electron chi connectivity index (χ3n) is 3.95. The van der Waals surface area contributed by atoms with Crippen molar-refractivity contribution in [3.8, 4) is 0 Å². The number of pyridine rings is 1. The van der Waals surface area contributed by atoms with Gasteiger partial charge in [-0.25, -0.2) is 4.79 Å². The largest absolute Gasteiger partial charge is 0.460 e. The summed E-state index contributed by atoms with van der Waals surface area (Å²) >= 11 is 2.24. The second-order valence-corrected chi connectivity index (χ2v) is 8.09. The molecule has 2 aromatic rings. The summed E-state index contributed by atoms with van der Waals surface area (Å²) in [7, 11) is 0. The van der Waals surface area contributed by atoms with Crippen molar-refractivity contribution in [1.82, 2.24) is 9.88 Å². The molecule has 3 rings (SSSR count). The highest BCUT2D eigenvalue weighted by atomic mass is 127. The van der Waals surface area contributed by atoms with E-state index in [1.165, 1.54) is 0 Å². The van der Waals surface area contributed by atoms with E-state index < -0.39 is 5.60 Å². The number of aromatic nitrogens is 1. The van der Waals surface area contributed by atoms with Gasteiger partial charge in [0.2, 0.25) is 0 Å². The minimum absolute atomic E-state index is 0.223.